The first-order valence-electron chi connectivity index (χ1n) is 12.7. The van der Waals surface area contributed by atoms with Gasteiger partial charge in [0.15, 0.2) is 5.11 Å². The average Bonchev–Trinajstić information content (AvgIpc) is 2.92. The van der Waals surface area contributed by atoms with E-state index in [-0.39, 0.29) is 41.8 Å². The molecule has 0 heterocycles. The van der Waals surface area contributed by atoms with Gasteiger partial charge in [0, 0.05) is 24.1 Å². The van der Waals surface area contributed by atoms with Gasteiger partial charge in [-0.15, -0.1) is 0 Å². The van der Waals surface area contributed by atoms with Crippen molar-refractivity contribution < 1.29 is 19.1 Å². The molecule has 0 fully saturated rings. The lowest BCUT2D eigenvalue weighted by atomic mass is 10.1. The van der Waals surface area contributed by atoms with Crippen LogP contribution in [0.25, 0.3) is 0 Å². The number of rotatable bonds is 12. The number of hydrogen-bond acceptors (Lipinski definition) is 5. The number of thiocarbonyl (C=S) groups is 1. The number of nitrogens with one attached hydrogen (secondary N) is 3. The molecule has 0 bridgehead atoms. The van der Waals surface area contributed by atoms with Crippen LogP contribution in [0.3, 0.4) is 0 Å². The smallest absolute Gasteiger partial charge is 0.305 e. The molecule has 7 nitrogen and oxygen atoms in total. The summed E-state index contributed by atoms with van der Waals surface area (Å²) in [6, 6.07) is 26.4. The predicted molar refractivity (Wildman–Crippen MR) is 153 cm³/mol. The van der Waals surface area contributed by atoms with Crippen LogP contribution in [0.15, 0.2) is 84.9 Å². The van der Waals surface area contributed by atoms with Gasteiger partial charge in [0.05, 0.1) is 12.6 Å². The Hall–Kier alpha value is -4.04. The van der Waals surface area contributed by atoms with Crippen LogP contribution < -0.4 is 16.0 Å². The highest BCUT2D eigenvalue weighted by Crippen LogP contribution is 2.14. The van der Waals surface area contributed by atoms with E-state index in [1.807, 2.05) is 67.6 Å². The van der Waals surface area contributed by atoms with Gasteiger partial charge in [0.2, 0.25) is 5.91 Å². The number of ether oxygens (including phenoxy) is 1. The van der Waals surface area contributed by atoms with Crippen LogP contribution in [0.1, 0.15) is 60.1 Å². The largest absolute Gasteiger partial charge is 0.466 e. The van der Waals surface area contributed by atoms with Gasteiger partial charge >= 0.3 is 5.97 Å². The lowest BCUT2D eigenvalue weighted by Crippen LogP contribution is -2.34. The van der Waals surface area contributed by atoms with Crippen molar-refractivity contribution in [1.82, 2.24) is 10.6 Å². The minimum Gasteiger partial charge on any atom is -0.466 e. The van der Waals surface area contributed by atoms with E-state index in [2.05, 4.69) is 16.0 Å². The van der Waals surface area contributed by atoms with Crippen molar-refractivity contribution in [2.45, 2.75) is 45.1 Å². The summed E-state index contributed by atoms with van der Waals surface area (Å²) in [5.41, 5.74) is 3.39. The van der Waals surface area contributed by atoms with Crippen LogP contribution in [-0.4, -0.2) is 29.5 Å². The van der Waals surface area contributed by atoms with E-state index in [0.717, 1.165) is 18.4 Å². The maximum absolute atomic E-state index is 12.5. The van der Waals surface area contributed by atoms with Gasteiger partial charge in [-0.25, -0.2) is 0 Å². The normalized spacial score (nSPS) is 11.2. The van der Waals surface area contributed by atoms with Crippen LogP contribution >= 0.6 is 12.2 Å². The highest BCUT2D eigenvalue weighted by atomic mass is 32.1. The van der Waals surface area contributed by atoms with E-state index in [4.69, 9.17) is 17.0 Å². The molecule has 1 atom stereocenters. The number of carbonyl (C=O) groups excluding carboxylic acids is 3. The third-order valence-electron chi connectivity index (χ3n) is 5.81. The minimum atomic E-state index is -0.311. The van der Waals surface area contributed by atoms with Crippen molar-refractivity contribution in [3.8, 4) is 0 Å². The van der Waals surface area contributed by atoms with Gasteiger partial charge < -0.3 is 20.7 Å². The molecule has 8 heteroatoms. The fourth-order valence-corrected chi connectivity index (χ4v) is 3.97. The molecule has 0 spiro atoms. The van der Waals surface area contributed by atoms with Gasteiger partial charge in [-0.2, -0.15) is 0 Å². The van der Waals surface area contributed by atoms with Crippen molar-refractivity contribution in [1.29, 1.82) is 0 Å². The number of hydrogen-bond donors (Lipinski definition) is 3. The Labute approximate surface area is 229 Å². The van der Waals surface area contributed by atoms with E-state index in [0.29, 0.717) is 24.3 Å². The first-order valence-corrected chi connectivity index (χ1v) is 13.1. The van der Waals surface area contributed by atoms with Gasteiger partial charge in [-0.05, 0) is 73.8 Å². The summed E-state index contributed by atoms with van der Waals surface area (Å²) in [5, 5.41) is 8.65. The fraction of sp³-hybridized carbons (Fsp3) is 0.267. The zero-order chi connectivity index (χ0) is 27.2. The Morgan fingerprint density at radius 2 is 1.50 bits per heavy atom. The van der Waals surface area contributed by atoms with E-state index in [1.165, 1.54) is 5.56 Å². The fourth-order valence-electron chi connectivity index (χ4n) is 3.73. The molecule has 0 aliphatic rings. The van der Waals surface area contributed by atoms with Crippen molar-refractivity contribution in [2.75, 3.05) is 11.9 Å². The van der Waals surface area contributed by atoms with Gasteiger partial charge in [-0.1, -0.05) is 60.7 Å². The molecule has 0 radical (unpaired) electrons. The summed E-state index contributed by atoms with van der Waals surface area (Å²) in [6.07, 6.45) is 2.31. The number of amides is 2. The van der Waals surface area contributed by atoms with Gasteiger partial charge in [-0.3, -0.25) is 14.4 Å². The molecule has 3 N–H and O–H groups in total. The topological polar surface area (TPSA) is 96.5 Å². The summed E-state index contributed by atoms with van der Waals surface area (Å²) >= 11 is 5.21. The predicted octanol–water partition coefficient (Wildman–Crippen LogP) is 5.34. The molecule has 0 aliphatic heterocycles. The number of anilines is 1. The second-order valence-corrected chi connectivity index (χ2v) is 9.26. The lowest BCUT2D eigenvalue weighted by Gasteiger charge is -2.15. The van der Waals surface area contributed by atoms with E-state index < -0.39 is 0 Å². The van der Waals surface area contributed by atoms with E-state index in [9.17, 15) is 14.4 Å². The monoisotopic (exact) mass is 531 g/mol. The summed E-state index contributed by atoms with van der Waals surface area (Å²) in [6.45, 7) is 2.29. The van der Waals surface area contributed by atoms with Crippen LogP contribution in [0, 0.1) is 0 Å². The summed E-state index contributed by atoms with van der Waals surface area (Å²) in [7, 11) is 0. The number of esters is 1. The summed E-state index contributed by atoms with van der Waals surface area (Å²) in [5.74, 6) is -0.780. The number of aryl methyl sites for hydroxylation is 1. The Bertz CT molecular complexity index is 1200. The minimum absolute atomic E-state index is 0.120. The lowest BCUT2D eigenvalue weighted by molar-refractivity contribution is -0.143. The van der Waals surface area contributed by atoms with Crippen LogP contribution in [-0.2, 0) is 20.7 Å². The van der Waals surface area contributed by atoms with Crippen molar-refractivity contribution in [3.63, 3.8) is 0 Å². The Morgan fingerprint density at radius 1 is 0.842 bits per heavy atom. The number of benzene rings is 3. The van der Waals surface area contributed by atoms with Crippen LogP contribution in [0.2, 0.25) is 0 Å². The first-order chi connectivity index (χ1) is 18.4. The molecule has 0 aromatic heterocycles. The molecular weight excluding hydrogens is 498 g/mol. The van der Waals surface area contributed by atoms with Crippen molar-refractivity contribution >= 4 is 40.8 Å². The van der Waals surface area contributed by atoms with E-state index >= 15 is 0 Å². The quantitative estimate of drug-likeness (QED) is 0.166. The standard InChI is InChI=1S/C30H33N3O4S/c1-22(24-13-6-3-7-14-24)31-29(36)25-17-19-26(20-18-25)32-30(38)33-27(34)15-8-16-28(35)37-21-9-12-23-10-4-2-5-11-23/h2-7,10-11,13-14,17-20,22H,8-9,12,15-16,21H2,1H3,(H,31,36)(H2,32,33,34,38). The second kappa shape index (κ2) is 15.3. The molecule has 3 aromatic rings. The highest BCUT2D eigenvalue weighted by Gasteiger charge is 2.12. The number of carbonyl (C=O) groups is 3. The molecule has 1 unspecified atom stereocenters. The summed E-state index contributed by atoms with van der Waals surface area (Å²) < 4.78 is 5.24. The van der Waals surface area contributed by atoms with Crippen molar-refractivity contribution in [3.05, 3.63) is 102 Å². The Kier molecular flexibility index (Phi) is 11.5. The third kappa shape index (κ3) is 10.1. The molecule has 0 saturated heterocycles. The average molecular weight is 532 g/mol. The molecular formula is C30H33N3O4S. The maximum Gasteiger partial charge on any atom is 0.305 e. The molecule has 2 amide bonds. The van der Waals surface area contributed by atoms with E-state index in [1.54, 1.807) is 24.3 Å². The Balaban J connectivity index is 1.30. The molecule has 38 heavy (non-hydrogen) atoms. The van der Waals surface area contributed by atoms with Crippen LogP contribution in [0.5, 0.6) is 0 Å². The molecule has 198 valence electrons. The van der Waals surface area contributed by atoms with Crippen molar-refractivity contribution in [2.24, 2.45) is 0 Å². The molecule has 0 aliphatic carbocycles. The SMILES string of the molecule is CC(NC(=O)c1ccc(NC(=S)NC(=O)CCCC(=O)OCCCc2ccccc2)cc1)c1ccccc1. The van der Waals surface area contributed by atoms with Gasteiger partial charge in [0.25, 0.3) is 5.91 Å². The maximum atomic E-state index is 12.5. The Morgan fingerprint density at radius 3 is 2.18 bits per heavy atom. The first kappa shape index (κ1) is 28.5. The second-order valence-electron chi connectivity index (χ2n) is 8.85. The molecule has 3 rings (SSSR count). The molecule has 3 aromatic carbocycles. The zero-order valence-electron chi connectivity index (χ0n) is 21.4. The zero-order valence-corrected chi connectivity index (χ0v) is 22.3. The highest BCUT2D eigenvalue weighted by molar-refractivity contribution is 7.80. The molecule has 0 saturated carbocycles. The van der Waals surface area contributed by atoms with Crippen LogP contribution in [0.4, 0.5) is 5.69 Å². The van der Waals surface area contributed by atoms with Gasteiger partial charge in [0.1, 0.15) is 0 Å². The summed E-state index contributed by atoms with van der Waals surface area (Å²) in [4.78, 5) is 36.6. The third-order valence-corrected chi connectivity index (χ3v) is 6.01.